The normalized spacial score (nSPS) is 10.3. The molecule has 1 heterocycles. The zero-order valence-corrected chi connectivity index (χ0v) is 11.8. The SMILES string of the molecule is Cc1cc(Cl)cc(C)c1OCc1ncncc1C(=O)O. The maximum absolute atomic E-state index is 11.1. The van der Waals surface area contributed by atoms with Gasteiger partial charge in [0.25, 0.3) is 0 Å². The van der Waals surface area contributed by atoms with Gasteiger partial charge in [-0.25, -0.2) is 14.8 Å². The molecule has 0 aliphatic heterocycles. The molecule has 2 rings (SSSR count). The van der Waals surface area contributed by atoms with E-state index in [1.807, 2.05) is 13.8 Å². The van der Waals surface area contributed by atoms with Crippen LogP contribution < -0.4 is 4.74 Å². The molecule has 104 valence electrons. The van der Waals surface area contributed by atoms with Gasteiger partial charge >= 0.3 is 5.97 Å². The van der Waals surface area contributed by atoms with Gasteiger partial charge in [0.1, 0.15) is 24.2 Å². The van der Waals surface area contributed by atoms with Gasteiger partial charge < -0.3 is 9.84 Å². The summed E-state index contributed by atoms with van der Waals surface area (Å²) in [6.45, 7) is 3.83. The zero-order valence-electron chi connectivity index (χ0n) is 11.1. The molecule has 2 aromatic rings. The summed E-state index contributed by atoms with van der Waals surface area (Å²) < 4.78 is 5.69. The highest BCUT2D eigenvalue weighted by Gasteiger charge is 2.13. The van der Waals surface area contributed by atoms with Gasteiger partial charge in [-0.2, -0.15) is 0 Å². The molecular weight excluding hydrogens is 280 g/mol. The molecule has 0 amide bonds. The summed E-state index contributed by atoms with van der Waals surface area (Å²) in [5.74, 6) is -0.391. The molecule has 0 atom stereocenters. The Kier molecular flexibility index (Phi) is 4.20. The Morgan fingerprint density at radius 3 is 2.60 bits per heavy atom. The van der Waals surface area contributed by atoms with Gasteiger partial charge in [0.15, 0.2) is 0 Å². The van der Waals surface area contributed by atoms with Crippen molar-refractivity contribution in [3.8, 4) is 5.75 Å². The van der Waals surface area contributed by atoms with Crippen molar-refractivity contribution in [2.75, 3.05) is 0 Å². The molecule has 0 aliphatic carbocycles. The maximum atomic E-state index is 11.1. The largest absolute Gasteiger partial charge is 0.487 e. The van der Waals surface area contributed by atoms with Gasteiger partial charge in [0.05, 0.1) is 5.69 Å². The van der Waals surface area contributed by atoms with Crippen LogP contribution in [0.1, 0.15) is 27.2 Å². The van der Waals surface area contributed by atoms with E-state index < -0.39 is 5.97 Å². The van der Waals surface area contributed by atoms with Crippen LogP contribution in [-0.2, 0) is 6.61 Å². The summed E-state index contributed by atoms with van der Waals surface area (Å²) in [7, 11) is 0. The van der Waals surface area contributed by atoms with E-state index in [1.54, 1.807) is 12.1 Å². The second-order valence-electron chi connectivity index (χ2n) is 4.35. The van der Waals surface area contributed by atoms with E-state index in [0.29, 0.717) is 16.5 Å². The van der Waals surface area contributed by atoms with Crippen molar-refractivity contribution in [2.24, 2.45) is 0 Å². The van der Waals surface area contributed by atoms with E-state index in [9.17, 15) is 4.79 Å². The molecule has 1 aromatic carbocycles. The summed E-state index contributed by atoms with van der Waals surface area (Å²) in [6, 6.07) is 3.59. The van der Waals surface area contributed by atoms with Gasteiger partial charge in [-0.05, 0) is 37.1 Å². The van der Waals surface area contributed by atoms with Crippen LogP contribution in [0.15, 0.2) is 24.7 Å². The Morgan fingerprint density at radius 2 is 2.00 bits per heavy atom. The van der Waals surface area contributed by atoms with Crippen molar-refractivity contribution in [3.63, 3.8) is 0 Å². The third-order valence-electron chi connectivity index (χ3n) is 2.80. The standard InChI is InChI=1S/C14H13ClN2O3/c1-8-3-10(15)4-9(2)13(8)20-6-12-11(14(18)19)5-16-7-17-12/h3-5,7H,6H2,1-2H3,(H,18,19). The van der Waals surface area contributed by atoms with Gasteiger partial charge in [-0.1, -0.05) is 11.6 Å². The summed E-state index contributed by atoms with van der Waals surface area (Å²) in [4.78, 5) is 18.7. The Morgan fingerprint density at radius 1 is 1.35 bits per heavy atom. The Labute approximate surface area is 121 Å². The van der Waals surface area contributed by atoms with Crippen molar-refractivity contribution in [3.05, 3.63) is 52.1 Å². The number of ether oxygens (including phenoxy) is 1. The first-order valence-electron chi connectivity index (χ1n) is 5.90. The molecular formula is C14H13ClN2O3. The monoisotopic (exact) mass is 292 g/mol. The number of benzene rings is 1. The van der Waals surface area contributed by atoms with E-state index in [4.69, 9.17) is 21.4 Å². The number of halogens is 1. The molecule has 0 spiro atoms. The van der Waals surface area contributed by atoms with E-state index in [2.05, 4.69) is 9.97 Å². The first-order chi connectivity index (χ1) is 9.49. The Bertz CT molecular complexity index is 636. The molecule has 0 fully saturated rings. The van der Waals surface area contributed by atoms with E-state index in [-0.39, 0.29) is 12.2 Å². The van der Waals surface area contributed by atoms with Crippen LogP contribution >= 0.6 is 11.6 Å². The van der Waals surface area contributed by atoms with Crippen molar-refractivity contribution < 1.29 is 14.6 Å². The van der Waals surface area contributed by atoms with Gasteiger partial charge in [0, 0.05) is 11.2 Å². The molecule has 0 bridgehead atoms. The van der Waals surface area contributed by atoms with Crippen LogP contribution in [0.3, 0.4) is 0 Å². The minimum absolute atomic E-state index is 0.0387. The fourth-order valence-corrected chi connectivity index (χ4v) is 2.24. The third-order valence-corrected chi connectivity index (χ3v) is 3.02. The highest BCUT2D eigenvalue weighted by Crippen LogP contribution is 2.27. The average Bonchev–Trinajstić information content (AvgIpc) is 2.37. The Balaban J connectivity index is 2.24. The summed E-state index contributed by atoms with van der Waals surface area (Å²) in [6.07, 6.45) is 2.56. The maximum Gasteiger partial charge on any atom is 0.339 e. The molecule has 5 nitrogen and oxygen atoms in total. The lowest BCUT2D eigenvalue weighted by Crippen LogP contribution is -2.09. The van der Waals surface area contributed by atoms with Crippen molar-refractivity contribution >= 4 is 17.6 Å². The molecule has 0 saturated heterocycles. The summed E-state index contributed by atoms with van der Waals surface area (Å²) in [5.41, 5.74) is 2.15. The fourth-order valence-electron chi connectivity index (χ4n) is 1.91. The number of carboxylic acid groups (broad SMARTS) is 1. The number of aromatic carboxylic acids is 1. The molecule has 0 saturated carbocycles. The Hall–Kier alpha value is -2.14. The minimum Gasteiger partial charge on any atom is -0.487 e. The van der Waals surface area contributed by atoms with E-state index >= 15 is 0 Å². The van der Waals surface area contributed by atoms with Crippen molar-refractivity contribution in [2.45, 2.75) is 20.5 Å². The number of hydrogen-bond donors (Lipinski definition) is 1. The predicted octanol–water partition coefficient (Wildman–Crippen LogP) is 3.02. The predicted molar refractivity (Wildman–Crippen MR) is 74.2 cm³/mol. The lowest BCUT2D eigenvalue weighted by molar-refractivity contribution is 0.0692. The molecule has 0 radical (unpaired) electrons. The molecule has 0 aliphatic rings. The quantitative estimate of drug-likeness (QED) is 0.938. The number of rotatable bonds is 4. The van der Waals surface area contributed by atoms with Crippen molar-refractivity contribution in [1.29, 1.82) is 0 Å². The molecule has 1 N–H and O–H groups in total. The van der Waals surface area contributed by atoms with Crippen LogP contribution in [0.4, 0.5) is 0 Å². The molecule has 0 unspecified atom stereocenters. The summed E-state index contributed by atoms with van der Waals surface area (Å²) >= 11 is 5.95. The third kappa shape index (κ3) is 3.05. The molecule has 1 aromatic heterocycles. The highest BCUT2D eigenvalue weighted by molar-refractivity contribution is 6.30. The van der Waals surface area contributed by atoms with Crippen molar-refractivity contribution in [1.82, 2.24) is 9.97 Å². The molecule has 6 heteroatoms. The number of carbonyl (C=O) groups is 1. The number of aromatic nitrogens is 2. The number of nitrogens with zero attached hydrogens (tertiary/aromatic N) is 2. The summed E-state index contributed by atoms with van der Waals surface area (Å²) in [5, 5.41) is 9.69. The molecule has 20 heavy (non-hydrogen) atoms. The van der Waals surface area contributed by atoms with E-state index in [1.165, 1.54) is 12.5 Å². The van der Waals surface area contributed by atoms with Gasteiger partial charge in [-0.3, -0.25) is 0 Å². The second kappa shape index (κ2) is 5.88. The number of aryl methyl sites for hydroxylation is 2. The van der Waals surface area contributed by atoms with E-state index in [0.717, 1.165) is 11.1 Å². The fraction of sp³-hybridized carbons (Fsp3) is 0.214. The van der Waals surface area contributed by atoms with Gasteiger partial charge in [-0.15, -0.1) is 0 Å². The van der Waals surface area contributed by atoms with Crippen LogP contribution in [0.25, 0.3) is 0 Å². The number of hydrogen-bond acceptors (Lipinski definition) is 4. The lowest BCUT2D eigenvalue weighted by atomic mass is 10.1. The van der Waals surface area contributed by atoms with Crippen LogP contribution in [0, 0.1) is 13.8 Å². The topological polar surface area (TPSA) is 72.3 Å². The van der Waals surface area contributed by atoms with Crippen LogP contribution in [-0.4, -0.2) is 21.0 Å². The second-order valence-corrected chi connectivity index (χ2v) is 4.78. The minimum atomic E-state index is -1.08. The van der Waals surface area contributed by atoms with Gasteiger partial charge in [0.2, 0.25) is 0 Å². The smallest absolute Gasteiger partial charge is 0.339 e. The van der Waals surface area contributed by atoms with Crippen LogP contribution in [0.2, 0.25) is 5.02 Å². The lowest BCUT2D eigenvalue weighted by Gasteiger charge is -2.13. The first kappa shape index (κ1) is 14.3. The zero-order chi connectivity index (χ0) is 14.7. The first-order valence-corrected chi connectivity index (χ1v) is 6.28. The van der Waals surface area contributed by atoms with Crippen LogP contribution in [0.5, 0.6) is 5.75 Å². The highest BCUT2D eigenvalue weighted by atomic mass is 35.5. The average molecular weight is 293 g/mol. The number of carboxylic acids is 1.